The van der Waals surface area contributed by atoms with E-state index in [1.165, 1.54) is 16.2 Å². The van der Waals surface area contributed by atoms with E-state index in [4.69, 9.17) is 16.3 Å². The highest BCUT2D eigenvalue weighted by molar-refractivity contribution is 7.22. The van der Waals surface area contributed by atoms with Gasteiger partial charge >= 0.3 is 5.91 Å². The maximum atomic E-state index is 13.3. The summed E-state index contributed by atoms with van der Waals surface area (Å²) in [6, 6.07) is 18.6. The Morgan fingerprint density at radius 3 is 2.44 bits per heavy atom. The van der Waals surface area contributed by atoms with Gasteiger partial charge in [0, 0.05) is 10.6 Å². The van der Waals surface area contributed by atoms with Gasteiger partial charge in [-0.25, -0.2) is 4.98 Å². The molecule has 1 atom stereocenters. The van der Waals surface area contributed by atoms with Gasteiger partial charge in [-0.1, -0.05) is 52.8 Å². The standard InChI is InChI=1S/C26H19ClN2O4S/c1-14-3-5-15(6-4-14)22-21(23(30)16-7-9-17(27)10-8-16)24(31)25(32)29(22)26-28-19-12-11-18(33-2)13-20(19)34-26/h3-13,22,30H,1-2H3. The number of anilines is 1. The third kappa shape index (κ3) is 3.73. The van der Waals surface area contributed by atoms with Gasteiger partial charge in [0.2, 0.25) is 0 Å². The maximum Gasteiger partial charge on any atom is 0.301 e. The molecule has 1 aromatic heterocycles. The van der Waals surface area contributed by atoms with Crippen LogP contribution in [-0.4, -0.2) is 28.9 Å². The summed E-state index contributed by atoms with van der Waals surface area (Å²) in [5.74, 6) is -1.10. The smallest absolute Gasteiger partial charge is 0.301 e. The van der Waals surface area contributed by atoms with Gasteiger partial charge < -0.3 is 9.84 Å². The van der Waals surface area contributed by atoms with Gasteiger partial charge in [-0.05, 0) is 55.0 Å². The molecule has 1 aliphatic rings. The van der Waals surface area contributed by atoms with Crippen LogP contribution in [0.5, 0.6) is 5.75 Å². The number of nitrogens with zero attached hydrogens (tertiary/aromatic N) is 2. The van der Waals surface area contributed by atoms with Crippen LogP contribution in [0.25, 0.3) is 16.0 Å². The molecule has 6 nitrogen and oxygen atoms in total. The zero-order chi connectivity index (χ0) is 24.0. The predicted octanol–water partition coefficient (Wildman–Crippen LogP) is 5.89. The van der Waals surface area contributed by atoms with Crippen molar-refractivity contribution in [1.82, 2.24) is 4.98 Å². The fourth-order valence-corrected chi connectivity index (χ4v) is 5.13. The molecular formula is C26H19ClN2O4S. The lowest BCUT2D eigenvalue weighted by molar-refractivity contribution is -0.132. The van der Waals surface area contributed by atoms with Gasteiger partial charge in [0.05, 0.1) is 28.9 Å². The van der Waals surface area contributed by atoms with Crippen LogP contribution in [0.2, 0.25) is 5.02 Å². The SMILES string of the molecule is COc1ccc2nc(N3C(=O)C(=O)C(=C(O)c4ccc(Cl)cc4)C3c3ccc(C)cc3)sc2c1. The Bertz CT molecular complexity index is 1460. The zero-order valence-electron chi connectivity index (χ0n) is 18.3. The van der Waals surface area contributed by atoms with Crippen LogP contribution in [0.3, 0.4) is 0 Å². The lowest BCUT2D eigenvalue weighted by Gasteiger charge is -2.23. The topological polar surface area (TPSA) is 79.7 Å². The lowest BCUT2D eigenvalue weighted by atomic mass is 9.95. The van der Waals surface area contributed by atoms with Crippen LogP contribution in [0.15, 0.2) is 72.3 Å². The molecular weight excluding hydrogens is 472 g/mol. The van der Waals surface area contributed by atoms with Gasteiger partial charge in [0.1, 0.15) is 11.5 Å². The van der Waals surface area contributed by atoms with Crippen LogP contribution < -0.4 is 9.64 Å². The molecule has 170 valence electrons. The number of aliphatic hydroxyl groups is 1. The normalized spacial score (nSPS) is 17.5. The average Bonchev–Trinajstić information content (AvgIpc) is 3.37. The number of fused-ring (bicyclic) bond motifs is 1. The summed E-state index contributed by atoms with van der Waals surface area (Å²) < 4.78 is 6.11. The van der Waals surface area contributed by atoms with E-state index in [-0.39, 0.29) is 11.3 Å². The first-order chi connectivity index (χ1) is 16.4. The third-order valence-corrected chi connectivity index (χ3v) is 7.02. The Hall–Kier alpha value is -3.68. The molecule has 4 aromatic rings. The van der Waals surface area contributed by atoms with Gasteiger partial charge in [-0.3, -0.25) is 14.5 Å². The molecule has 1 amide bonds. The monoisotopic (exact) mass is 490 g/mol. The minimum Gasteiger partial charge on any atom is -0.507 e. The van der Waals surface area contributed by atoms with E-state index in [1.807, 2.05) is 37.3 Å². The van der Waals surface area contributed by atoms with E-state index in [0.29, 0.717) is 32.5 Å². The average molecular weight is 491 g/mol. The quantitative estimate of drug-likeness (QED) is 0.219. The number of carbonyl (C=O) groups excluding carboxylic acids is 2. The lowest BCUT2D eigenvalue weighted by Crippen LogP contribution is -2.29. The van der Waals surface area contributed by atoms with Crippen molar-refractivity contribution in [2.45, 2.75) is 13.0 Å². The number of aryl methyl sites for hydroxylation is 1. The van der Waals surface area contributed by atoms with E-state index in [9.17, 15) is 14.7 Å². The number of carbonyl (C=O) groups is 2. The summed E-state index contributed by atoms with van der Waals surface area (Å²) >= 11 is 7.27. The predicted molar refractivity (Wildman–Crippen MR) is 134 cm³/mol. The minimum absolute atomic E-state index is 0.00742. The van der Waals surface area contributed by atoms with Gasteiger partial charge in [0.15, 0.2) is 5.13 Å². The van der Waals surface area contributed by atoms with Crippen molar-refractivity contribution in [3.8, 4) is 5.75 Å². The molecule has 8 heteroatoms. The van der Waals surface area contributed by atoms with Crippen molar-refractivity contribution in [3.63, 3.8) is 0 Å². The third-order valence-electron chi connectivity index (χ3n) is 5.75. The molecule has 2 heterocycles. The fraction of sp³-hybridized carbons (Fsp3) is 0.115. The Balaban J connectivity index is 1.71. The number of halogens is 1. The second kappa shape index (κ2) is 8.59. The molecule has 1 unspecified atom stereocenters. The first-order valence-corrected chi connectivity index (χ1v) is 11.6. The molecule has 0 bridgehead atoms. The van der Waals surface area contributed by atoms with Gasteiger partial charge in [0.25, 0.3) is 5.78 Å². The molecule has 3 aromatic carbocycles. The summed E-state index contributed by atoms with van der Waals surface area (Å²) in [6.45, 7) is 1.95. The molecule has 1 N–H and O–H groups in total. The van der Waals surface area contributed by atoms with E-state index in [2.05, 4.69) is 4.98 Å². The summed E-state index contributed by atoms with van der Waals surface area (Å²) in [6.07, 6.45) is 0. The van der Waals surface area contributed by atoms with Crippen molar-refractivity contribution >= 4 is 55.7 Å². The van der Waals surface area contributed by atoms with Crippen molar-refractivity contribution in [3.05, 3.63) is 94.0 Å². The maximum absolute atomic E-state index is 13.3. The molecule has 34 heavy (non-hydrogen) atoms. The second-order valence-corrected chi connectivity index (χ2v) is 9.36. The molecule has 0 saturated carbocycles. The van der Waals surface area contributed by atoms with Crippen LogP contribution in [-0.2, 0) is 9.59 Å². The van der Waals surface area contributed by atoms with E-state index < -0.39 is 17.7 Å². The number of hydrogen-bond acceptors (Lipinski definition) is 6. The second-order valence-electron chi connectivity index (χ2n) is 7.92. The number of ketones is 1. The number of benzene rings is 3. The minimum atomic E-state index is -0.835. The highest BCUT2D eigenvalue weighted by Crippen LogP contribution is 2.44. The van der Waals surface area contributed by atoms with E-state index >= 15 is 0 Å². The number of methoxy groups -OCH3 is 1. The molecule has 0 radical (unpaired) electrons. The first kappa shape index (κ1) is 22.1. The van der Waals surface area contributed by atoms with E-state index in [0.717, 1.165) is 10.3 Å². The van der Waals surface area contributed by atoms with Crippen molar-refractivity contribution < 1.29 is 19.4 Å². The van der Waals surface area contributed by atoms with Gasteiger partial charge in [-0.2, -0.15) is 0 Å². The summed E-state index contributed by atoms with van der Waals surface area (Å²) in [5.41, 5.74) is 2.81. The molecule has 0 spiro atoms. The number of hydrogen-bond donors (Lipinski definition) is 1. The number of Topliss-reactive ketones (excluding diaryl/α,β-unsaturated/α-hetero) is 1. The highest BCUT2D eigenvalue weighted by atomic mass is 35.5. The summed E-state index contributed by atoms with van der Waals surface area (Å²) in [7, 11) is 1.58. The largest absolute Gasteiger partial charge is 0.507 e. The highest BCUT2D eigenvalue weighted by Gasteiger charge is 2.48. The Kier molecular flexibility index (Phi) is 5.59. The zero-order valence-corrected chi connectivity index (χ0v) is 19.9. The van der Waals surface area contributed by atoms with Crippen molar-refractivity contribution in [2.75, 3.05) is 12.0 Å². The molecule has 5 rings (SSSR count). The summed E-state index contributed by atoms with van der Waals surface area (Å²) in [4.78, 5) is 32.6. The number of rotatable bonds is 4. The molecule has 1 aliphatic heterocycles. The molecule has 1 saturated heterocycles. The fourth-order valence-electron chi connectivity index (χ4n) is 3.98. The van der Waals surface area contributed by atoms with Gasteiger partial charge in [-0.15, -0.1) is 0 Å². The summed E-state index contributed by atoms with van der Waals surface area (Å²) in [5, 5.41) is 12.0. The number of amides is 1. The van der Waals surface area contributed by atoms with E-state index in [1.54, 1.807) is 43.5 Å². The van der Waals surface area contributed by atoms with Crippen molar-refractivity contribution in [1.29, 1.82) is 0 Å². The molecule has 0 aliphatic carbocycles. The number of aliphatic hydroxyl groups excluding tert-OH is 1. The number of aromatic nitrogens is 1. The Labute approximate surface area is 204 Å². The number of ether oxygens (including phenoxy) is 1. The molecule has 1 fully saturated rings. The van der Waals surface area contributed by atoms with Crippen LogP contribution in [0, 0.1) is 6.92 Å². The van der Waals surface area contributed by atoms with Crippen LogP contribution >= 0.6 is 22.9 Å². The number of thiazole rings is 1. The van der Waals surface area contributed by atoms with Crippen LogP contribution in [0.1, 0.15) is 22.7 Å². The Morgan fingerprint density at radius 1 is 1.06 bits per heavy atom. The first-order valence-electron chi connectivity index (χ1n) is 10.5. The van der Waals surface area contributed by atoms with Crippen molar-refractivity contribution in [2.24, 2.45) is 0 Å². The Morgan fingerprint density at radius 2 is 1.76 bits per heavy atom. The van der Waals surface area contributed by atoms with Crippen LogP contribution in [0.4, 0.5) is 5.13 Å².